The molecule has 8 heteroatoms. The van der Waals surface area contributed by atoms with E-state index in [1.165, 1.54) is 6.92 Å². The maximum absolute atomic E-state index is 11.7. The van der Waals surface area contributed by atoms with Crippen LogP contribution < -0.4 is 21.4 Å². The molecule has 2 aliphatic rings. The molecule has 0 unspecified atom stereocenters. The van der Waals surface area contributed by atoms with E-state index in [1.807, 2.05) is 24.3 Å². The second-order valence-corrected chi connectivity index (χ2v) is 5.52. The molecule has 130 valence electrons. The summed E-state index contributed by atoms with van der Waals surface area (Å²) in [6.45, 7) is 7.29. The van der Waals surface area contributed by atoms with Crippen molar-refractivity contribution in [1.29, 1.82) is 0 Å². The summed E-state index contributed by atoms with van der Waals surface area (Å²) in [6.07, 6.45) is 0. The number of nitrogens with zero attached hydrogens (tertiary/aromatic N) is 3. The number of carbonyl (C=O) groups is 1. The van der Waals surface area contributed by atoms with Crippen LogP contribution in [0.5, 0.6) is 0 Å². The van der Waals surface area contributed by atoms with E-state index >= 15 is 0 Å². The van der Waals surface area contributed by atoms with Crippen LogP contribution in [0.4, 0.5) is 11.5 Å². The van der Waals surface area contributed by atoms with Gasteiger partial charge in [-0.05, 0) is 32.0 Å². The van der Waals surface area contributed by atoms with Gasteiger partial charge in [0, 0.05) is 37.2 Å². The predicted octanol–water partition coefficient (Wildman–Crippen LogP) is 2.00. The quantitative estimate of drug-likeness (QED) is 0.541. The van der Waals surface area contributed by atoms with Crippen LogP contribution in [0.25, 0.3) is 22.4 Å². The summed E-state index contributed by atoms with van der Waals surface area (Å²) in [5.74, 6) is 0.0570. The van der Waals surface area contributed by atoms with Crippen molar-refractivity contribution < 1.29 is 9.21 Å². The normalized spacial score (nSPS) is 10.8. The number of anilines is 2. The Labute approximate surface area is 144 Å². The molecule has 8 nitrogen and oxygen atoms in total. The topological polar surface area (TPSA) is 100 Å². The lowest BCUT2D eigenvalue weighted by atomic mass is 10.1. The van der Waals surface area contributed by atoms with E-state index in [4.69, 9.17) is 4.42 Å². The number of carbonyl (C=O) groups excluding carboxylic acids is 1. The molecule has 2 heterocycles. The third-order valence-electron chi connectivity index (χ3n) is 3.88. The lowest BCUT2D eigenvalue weighted by Crippen LogP contribution is -2.29. The molecule has 0 saturated carbocycles. The average Bonchev–Trinajstić information content (AvgIpc) is 2.59. The standard InChI is InChI=1S/C17H19N5O3/c1-4-22(5-2)12-7-6-11-8-13-15(21-20-10(3)23)18-17(24)19-16(13)25-14(11)9-12/h6-9H,4-5H2,1-3H3,(H,20,23)(H,18,21,24). The van der Waals surface area contributed by atoms with Gasteiger partial charge in [0.05, 0.1) is 5.56 Å². The van der Waals surface area contributed by atoms with E-state index in [0.717, 1.165) is 24.2 Å². The molecule has 0 bridgehead atoms. The summed E-state index contributed by atoms with van der Waals surface area (Å²) in [7, 11) is 0. The van der Waals surface area contributed by atoms with Crippen LogP contribution in [0, 0.1) is 0 Å². The highest BCUT2D eigenvalue weighted by Gasteiger charge is 2.17. The predicted molar refractivity (Wildman–Crippen MR) is 95.7 cm³/mol. The Morgan fingerprint density at radius 1 is 1.20 bits per heavy atom. The molecule has 0 saturated heterocycles. The van der Waals surface area contributed by atoms with Gasteiger partial charge in [-0.3, -0.25) is 15.6 Å². The van der Waals surface area contributed by atoms with Gasteiger partial charge in [0.25, 0.3) is 0 Å². The monoisotopic (exact) mass is 341 g/mol. The highest BCUT2D eigenvalue weighted by atomic mass is 16.3. The zero-order chi connectivity index (χ0) is 18.0. The van der Waals surface area contributed by atoms with E-state index in [1.54, 1.807) is 0 Å². The minimum absolute atomic E-state index is 0.164. The number of hydrogen-bond acceptors (Lipinski definition) is 7. The van der Waals surface area contributed by atoms with Gasteiger partial charge in [-0.15, -0.1) is 0 Å². The van der Waals surface area contributed by atoms with Crippen molar-refractivity contribution in [2.24, 2.45) is 0 Å². The Bertz CT molecular complexity index is 949. The van der Waals surface area contributed by atoms with Gasteiger partial charge in [0.15, 0.2) is 5.82 Å². The minimum Gasteiger partial charge on any atom is -0.437 e. The zero-order valence-electron chi connectivity index (χ0n) is 14.3. The van der Waals surface area contributed by atoms with Crippen LogP contribution in [0.1, 0.15) is 20.8 Å². The third kappa shape index (κ3) is 3.37. The molecule has 25 heavy (non-hydrogen) atoms. The largest absolute Gasteiger partial charge is 0.437 e. The fraction of sp³-hybridized carbons (Fsp3) is 0.294. The maximum atomic E-state index is 11.7. The van der Waals surface area contributed by atoms with Crippen molar-refractivity contribution in [3.8, 4) is 11.5 Å². The maximum Gasteiger partial charge on any atom is 0.372 e. The highest BCUT2D eigenvalue weighted by Crippen LogP contribution is 2.31. The number of hydrazine groups is 1. The van der Waals surface area contributed by atoms with Crippen LogP contribution in [-0.4, -0.2) is 29.0 Å². The first-order chi connectivity index (χ1) is 12.0. The van der Waals surface area contributed by atoms with Gasteiger partial charge in [-0.1, -0.05) is 0 Å². The molecule has 0 aromatic heterocycles. The Balaban J connectivity index is 2.14. The van der Waals surface area contributed by atoms with E-state index in [2.05, 4.69) is 39.6 Å². The van der Waals surface area contributed by atoms with Crippen molar-refractivity contribution in [2.75, 3.05) is 23.4 Å². The third-order valence-corrected chi connectivity index (χ3v) is 3.88. The Morgan fingerprint density at radius 2 is 1.96 bits per heavy atom. The summed E-state index contributed by atoms with van der Waals surface area (Å²) in [6, 6.07) is 7.71. The van der Waals surface area contributed by atoms with Gasteiger partial charge in [0.2, 0.25) is 11.8 Å². The summed E-state index contributed by atoms with van der Waals surface area (Å²) >= 11 is 0. The number of benzene rings is 1. The summed E-state index contributed by atoms with van der Waals surface area (Å²) in [4.78, 5) is 32.6. The first-order valence-corrected chi connectivity index (χ1v) is 8.05. The van der Waals surface area contributed by atoms with E-state index in [-0.39, 0.29) is 17.6 Å². The van der Waals surface area contributed by atoms with Gasteiger partial charge in [-0.2, -0.15) is 9.97 Å². The Hall–Kier alpha value is -3.16. The molecule has 0 atom stereocenters. The molecule has 0 spiro atoms. The van der Waals surface area contributed by atoms with Gasteiger partial charge in [0.1, 0.15) is 5.58 Å². The molecule has 2 N–H and O–H groups in total. The number of hydrogen-bond donors (Lipinski definition) is 2. The van der Waals surface area contributed by atoms with Crippen molar-refractivity contribution in [3.05, 3.63) is 34.7 Å². The lowest BCUT2D eigenvalue weighted by molar-refractivity contribution is -0.118. The molecular weight excluding hydrogens is 322 g/mol. The lowest BCUT2D eigenvalue weighted by Gasteiger charge is -2.21. The number of rotatable bonds is 5. The van der Waals surface area contributed by atoms with Crippen LogP contribution in [0.2, 0.25) is 0 Å². The molecule has 2 aliphatic heterocycles. The van der Waals surface area contributed by atoms with Gasteiger partial charge in [-0.25, -0.2) is 4.79 Å². The zero-order valence-corrected chi connectivity index (χ0v) is 14.3. The van der Waals surface area contributed by atoms with E-state index in [0.29, 0.717) is 11.1 Å². The first kappa shape index (κ1) is 16.7. The van der Waals surface area contributed by atoms with Crippen LogP contribution in [0.15, 0.2) is 33.5 Å². The van der Waals surface area contributed by atoms with Crippen LogP contribution >= 0.6 is 0 Å². The fourth-order valence-electron chi connectivity index (χ4n) is 2.66. The van der Waals surface area contributed by atoms with E-state index in [9.17, 15) is 9.59 Å². The minimum atomic E-state index is -0.691. The van der Waals surface area contributed by atoms with Crippen molar-refractivity contribution in [2.45, 2.75) is 20.8 Å². The number of aromatic nitrogens is 2. The fourth-order valence-corrected chi connectivity index (χ4v) is 2.66. The van der Waals surface area contributed by atoms with Gasteiger partial charge >= 0.3 is 5.69 Å². The molecule has 3 rings (SSSR count). The Kier molecular flexibility index (Phi) is 4.51. The second-order valence-electron chi connectivity index (χ2n) is 5.52. The highest BCUT2D eigenvalue weighted by molar-refractivity contribution is 5.88. The Morgan fingerprint density at radius 3 is 2.64 bits per heavy atom. The molecule has 0 radical (unpaired) electrons. The van der Waals surface area contributed by atoms with Crippen LogP contribution in [-0.2, 0) is 4.79 Å². The van der Waals surface area contributed by atoms with Crippen molar-refractivity contribution in [3.63, 3.8) is 0 Å². The summed E-state index contributed by atoms with van der Waals surface area (Å²) in [5, 5.41) is 0.844. The molecule has 0 aliphatic carbocycles. The molecule has 1 amide bonds. The van der Waals surface area contributed by atoms with Crippen LogP contribution in [0.3, 0.4) is 0 Å². The SMILES string of the molecule is CCN(CC)c1ccc2cc3c(NNC(C)=O)nc(=O)nc-3oc2c1. The van der Waals surface area contributed by atoms with E-state index < -0.39 is 5.69 Å². The van der Waals surface area contributed by atoms with Crippen molar-refractivity contribution in [1.82, 2.24) is 15.4 Å². The summed E-state index contributed by atoms with van der Waals surface area (Å²) < 4.78 is 5.82. The number of fused-ring (bicyclic) bond motifs is 2. The summed E-state index contributed by atoms with van der Waals surface area (Å²) in [5.41, 5.74) is 6.50. The van der Waals surface area contributed by atoms with Gasteiger partial charge < -0.3 is 9.32 Å². The number of amides is 1. The molecule has 1 aromatic rings. The molecule has 1 aromatic carbocycles. The molecule has 0 fully saturated rings. The first-order valence-electron chi connectivity index (χ1n) is 8.05. The smallest absolute Gasteiger partial charge is 0.372 e. The average molecular weight is 341 g/mol. The molecular formula is C17H19N5O3. The van der Waals surface area contributed by atoms with Crippen molar-refractivity contribution >= 4 is 28.4 Å². The second kappa shape index (κ2) is 6.76. The number of nitrogens with one attached hydrogen (secondary N) is 2.